The Bertz CT molecular complexity index is 1130. The number of amidine groups is 2. The Kier molecular flexibility index (Phi) is 6.43. The SMILES string of the molecule is N=C(N)c1ccc(CN2C(N)=C(C(N)=O)N(Cc3ccc(C(=N)N)cc3)C(N)=C2C(N)=O)cc1. The molecule has 0 radical (unpaired) electrons. The van der Waals surface area contributed by atoms with Crippen LogP contribution in [0.25, 0.3) is 0 Å². The van der Waals surface area contributed by atoms with Crippen molar-refractivity contribution in [2.24, 2.45) is 34.4 Å². The fourth-order valence-corrected chi connectivity index (χ4v) is 3.56. The quantitative estimate of drug-likeness (QED) is 0.174. The van der Waals surface area contributed by atoms with Gasteiger partial charge in [-0.25, -0.2) is 0 Å². The minimum atomic E-state index is -0.846. The van der Waals surface area contributed by atoms with Crippen molar-refractivity contribution in [3.63, 3.8) is 0 Å². The number of nitrogens with two attached hydrogens (primary N) is 6. The number of primary amides is 2. The van der Waals surface area contributed by atoms with Crippen LogP contribution in [0.3, 0.4) is 0 Å². The molecular formula is C22H26N10O2. The molecule has 176 valence electrons. The highest BCUT2D eigenvalue weighted by atomic mass is 16.2. The summed E-state index contributed by atoms with van der Waals surface area (Å²) in [6, 6.07) is 13.4. The predicted molar refractivity (Wildman–Crippen MR) is 127 cm³/mol. The Morgan fingerprint density at radius 3 is 1.15 bits per heavy atom. The van der Waals surface area contributed by atoms with Gasteiger partial charge in [0.05, 0.1) is 0 Å². The van der Waals surface area contributed by atoms with Crippen molar-refractivity contribution >= 4 is 23.5 Å². The summed E-state index contributed by atoms with van der Waals surface area (Å²) < 4.78 is 0. The van der Waals surface area contributed by atoms with E-state index in [9.17, 15) is 9.59 Å². The van der Waals surface area contributed by atoms with Crippen molar-refractivity contribution in [1.82, 2.24) is 9.80 Å². The molecule has 1 aliphatic rings. The predicted octanol–water partition coefficient (Wildman–Crippen LogP) is -1.20. The van der Waals surface area contributed by atoms with Gasteiger partial charge in [-0.3, -0.25) is 20.4 Å². The number of carbonyl (C=O) groups is 2. The zero-order valence-corrected chi connectivity index (χ0v) is 18.2. The van der Waals surface area contributed by atoms with Crippen LogP contribution in [0.1, 0.15) is 22.3 Å². The normalized spacial score (nSPS) is 13.8. The number of nitrogens with one attached hydrogen (secondary N) is 2. The highest BCUT2D eigenvalue weighted by molar-refractivity contribution is 5.97. The number of hydrogen-bond donors (Lipinski definition) is 8. The molecule has 12 heteroatoms. The Hall–Kier alpha value is -5.00. The summed E-state index contributed by atoms with van der Waals surface area (Å²) in [4.78, 5) is 27.4. The van der Waals surface area contributed by atoms with E-state index in [1.165, 1.54) is 9.80 Å². The van der Waals surface area contributed by atoms with Gasteiger partial charge in [0.25, 0.3) is 11.8 Å². The molecule has 1 heterocycles. The maximum atomic E-state index is 12.4. The van der Waals surface area contributed by atoms with E-state index in [0.717, 1.165) is 0 Å². The molecule has 0 fully saturated rings. The highest BCUT2D eigenvalue weighted by Gasteiger charge is 2.35. The van der Waals surface area contributed by atoms with Crippen molar-refractivity contribution in [3.8, 4) is 0 Å². The number of amides is 2. The fraction of sp³-hybridized carbons (Fsp3) is 0.0909. The third kappa shape index (κ3) is 4.60. The first-order valence-electron chi connectivity index (χ1n) is 10.0. The largest absolute Gasteiger partial charge is 0.384 e. The highest BCUT2D eigenvalue weighted by Crippen LogP contribution is 2.30. The summed E-state index contributed by atoms with van der Waals surface area (Å²) in [5.41, 5.74) is 37.1. The maximum absolute atomic E-state index is 12.4. The van der Waals surface area contributed by atoms with Gasteiger partial charge in [0.2, 0.25) is 0 Å². The lowest BCUT2D eigenvalue weighted by Crippen LogP contribution is -2.48. The molecule has 12 nitrogen and oxygen atoms in total. The van der Waals surface area contributed by atoms with Crippen molar-refractivity contribution in [2.75, 3.05) is 0 Å². The van der Waals surface area contributed by atoms with Crippen LogP contribution in [0.2, 0.25) is 0 Å². The molecule has 0 atom stereocenters. The summed E-state index contributed by atoms with van der Waals surface area (Å²) >= 11 is 0. The van der Waals surface area contributed by atoms with Crippen LogP contribution in [-0.2, 0) is 22.7 Å². The fourth-order valence-electron chi connectivity index (χ4n) is 3.56. The first-order valence-corrected chi connectivity index (χ1v) is 10.0. The lowest BCUT2D eigenvalue weighted by molar-refractivity contribution is -0.118. The van der Waals surface area contributed by atoms with Gasteiger partial charge in [0, 0.05) is 24.2 Å². The maximum Gasteiger partial charge on any atom is 0.269 e. The average molecular weight is 463 g/mol. The van der Waals surface area contributed by atoms with E-state index in [-0.39, 0.29) is 47.8 Å². The monoisotopic (exact) mass is 462 g/mol. The van der Waals surface area contributed by atoms with Crippen molar-refractivity contribution in [2.45, 2.75) is 13.1 Å². The first-order chi connectivity index (χ1) is 16.0. The molecule has 0 unspecified atom stereocenters. The van der Waals surface area contributed by atoms with Crippen LogP contribution in [0.4, 0.5) is 0 Å². The second-order valence-corrected chi connectivity index (χ2v) is 7.59. The van der Waals surface area contributed by atoms with Crippen LogP contribution < -0.4 is 34.4 Å². The molecule has 0 bridgehead atoms. The lowest BCUT2D eigenvalue weighted by atomic mass is 10.1. The smallest absolute Gasteiger partial charge is 0.269 e. The molecular weight excluding hydrogens is 436 g/mol. The topological polar surface area (TPSA) is 244 Å². The van der Waals surface area contributed by atoms with Gasteiger partial charge < -0.3 is 44.2 Å². The molecule has 0 saturated carbocycles. The molecule has 14 N–H and O–H groups in total. The molecule has 2 aromatic carbocycles. The summed E-state index contributed by atoms with van der Waals surface area (Å²) in [5, 5.41) is 15.0. The first kappa shape index (κ1) is 23.7. The molecule has 0 aromatic heterocycles. The lowest BCUT2D eigenvalue weighted by Gasteiger charge is -2.38. The Morgan fingerprint density at radius 2 is 0.912 bits per heavy atom. The molecule has 2 aromatic rings. The molecule has 2 amide bonds. The van der Waals surface area contributed by atoms with Crippen LogP contribution >= 0.6 is 0 Å². The van der Waals surface area contributed by atoms with Crippen LogP contribution in [0, 0.1) is 10.8 Å². The molecule has 3 rings (SSSR count). The molecule has 0 saturated heterocycles. The van der Waals surface area contributed by atoms with Crippen LogP contribution in [0.15, 0.2) is 71.6 Å². The van der Waals surface area contributed by atoms with E-state index < -0.39 is 11.8 Å². The van der Waals surface area contributed by atoms with Gasteiger partial charge in [-0.2, -0.15) is 0 Å². The van der Waals surface area contributed by atoms with E-state index in [0.29, 0.717) is 22.3 Å². The van der Waals surface area contributed by atoms with Gasteiger partial charge in [-0.05, 0) is 11.1 Å². The number of nitrogen functional groups attached to an aromatic ring is 2. The number of hydrogen-bond acceptors (Lipinski definition) is 8. The van der Waals surface area contributed by atoms with E-state index in [1.54, 1.807) is 48.5 Å². The van der Waals surface area contributed by atoms with Crippen molar-refractivity contribution in [3.05, 3.63) is 93.8 Å². The minimum Gasteiger partial charge on any atom is -0.384 e. The third-order valence-electron chi connectivity index (χ3n) is 5.28. The molecule has 0 spiro atoms. The van der Waals surface area contributed by atoms with Crippen LogP contribution in [-0.4, -0.2) is 33.3 Å². The zero-order valence-electron chi connectivity index (χ0n) is 18.2. The van der Waals surface area contributed by atoms with Crippen LogP contribution in [0.5, 0.6) is 0 Å². The molecule has 34 heavy (non-hydrogen) atoms. The van der Waals surface area contributed by atoms with Crippen molar-refractivity contribution in [1.29, 1.82) is 10.8 Å². The molecule has 1 aliphatic heterocycles. The number of nitrogens with zero attached hydrogens (tertiary/aromatic N) is 2. The Labute approximate surface area is 195 Å². The third-order valence-corrected chi connectivity index (χ3v) is 5.28. The number of rotatable bonds is 8. The van der Waals surface area contributed by atoms with Gasteiger partial charge in [-0.1, -0.05) is 48.5 Å². The number of benzene rings is 2. The summed E-state index contributed by atoms with van der Waals surface area (Å²) in [6.45, 7) is 0.113. The summed E-state index contributed by atoms with van der Waals surface area (Å²) in [5.74, 6) is -2.05. The molecule has 0 aliphatic carbocycles. The van der Waals surface area contributed by atoms with E-state index in [1.807, 2.05) is 0 Å². The van der Waals surface area contributed by atoms with E-state index in [2.05, 4.69) is 0 Å². The standard InChI is InChI=1S/C22H26N10O2/c23-17(24)13-5-1-11(2-6-13)9-31-15(21(29)33)20(28)32(16(19(31)27)22(30)34)10-12-3-7-14(8-4-12)18(25)26/h1-8H,9-10,27-28H2,(H3,23,24)(H3,25,26)(H2,29,33)(H2,30,34). The van der Waals surface area contributed by atoms with Gasteiger partial charge in [0.1, 0.15) is 34.7 Å². The van der Waals surface area contributed by atoms with Gasteiger partial charge in [0.15, 0.2) is 0 Å². The minimum absolute atomic E-state index is 0.0565. The summed E-state index contributed by atoms with van der Waals surface area (Å²) in [6.07, 6.45) is 0. The summed E-state index contributed by atoms with van der Waals surface area (Å²) in [7, 11) is 0. The second-order valence-electron chi connectivity index (χ2n) is 7.59. The van der Waals surface area contributed by atoms with Gasteiger partial charge >= 0.3 is 0 Å². The zero-order chi connectivity index (χ0) is 25.2. The Balaban J connectivity index is 2.02. The van der Waals surface area contributed by atoms with E-state index >= 15 is 0 Å². The van der Waals surface area contributed by atoms with Gasteiger partial charge in [-0.15, -0.1) is 0 Å². The van der Waals surface area contributed by atoms with Crippen molar-refractivity contribution < 1.29 is 9.59 Å². The Morgan fingerprint density at radius 1 is 0.618 bits per heavy atom. The number of carbonyl (C=O) groups excluding carboxylic acids is 2. The second kappa shape index (κ2) is 9.24. The average Bonchev–Trinajstić information content (AvgIpc) is 2.77. The van der Waals surface area contributed by atoms with E-state index in [4.69, 9.17) is 45.2 Å².